The number of hydrogen-bond donors (Lipinski definition) is 2. The zero-order chi connectivity index (χ0) is 18.4. The van der Waals surface area contributed by atoms with Gasteiger partial charge in [-0.15, -0.1) is 24.0 Å². The van der Waals surface area contributed by atoms with Gasteiger partial charge in [-0.1, -0.05) is 31.2 Å². The lowest BCUT2D eigenvalue weighted by molar-refractivity contribution is -0.128. The van der Waals surface area contributed by atoms with E-state index in [4.69, 9.17) is 5.73 Å². The van der Waals surface area contributed by atoms with Crippen LogP contribution in [0.15, 0.2) is 29.3 Å². The summed E-state index contributed by atoms with van der Waals surface area (Å²) in [6.07, 6.45) is 4.15. The quantitative estimate of drug-likeness (QED) is 0.353. The van der Waals surface area contributed by atoms with Crippen molar-refractivity contribution >= 4 is 35.8 Å². The summed E-state index contributed by atoms with van der Waals surface area (Å²) in [4.78, 5) is 20.7. The highest BCUT2D eigenvalue weighted by atomic mass is 127. The molecule has 2 saturated heterocycles. The molecule has 6 nitrogen and oxygen atoms in total. The fourth-order valence-electron chi connectivity index (χ4n) is 3.92. The third-order valence-electron chi connectivity index (χ3n) is 5.39. The van der Waals surface area contributed by atoms with E-state index in [1.807, 2.05) is 11.0 Å². The number of benzene rings is 1. The molecule has 27 heavy (non-hydrogen) atoms. The summed E-state index contributed by atoms with van der Waals surface area (Å²) >= 11 is 0. The van der Waals surface area contributed by atoms with Crippen molar-refractivity contribution < 1.29 is 4.79 Å². The number of aliphatic imine (C=N–C) groups is 1. The van der Waals surface area contributed by atoms with E-state index >= 15 is 0 Å². The minimum atomic E-state index is 0. The predicted octanol–water partition coefficient (Wildman–Crippen LogP) is 2.32. The van der Waals surface area contributed by atoms with Crippen molar-refractivity contribution in [2.75, 3.05) is 26.2 Å². The van der Waals surface area contributed by atoms with Gasteiger partial charge in [-0.2, -0.15) is 0 Å². The number of nitrogens with zero attached hydrogens (tertiary/aromatic N) is 3. The average molecular weight is 485 g/mol. The number of carbonyl (C=O) groups is 1. The number of amides is 1. The third-order valence-corrected chi connectivity index (χ3v) is 5.39. The van der Waals surface area contributed by atoms with E-state index in [1.54, 1.807) is 0 Å². The summed E-state index contributed by atoms with van der Waals surface area (Å²) in [6, 6.07) is 8.84. The van der Waals surface area contributed by atoms with Crippen LogP contribution >= 0.6 is 24.0 Å². The van der Waals surface area contributed by atoms with Crippen LogP contribution in [-0.2, 0) is 17.9 Å². The van der Waals surface area contributed by atoms with Crippen LogP contribution in [0.1, 0.15) is 43.7 Å². The van der Waals surface area contributed by atoms with Crippen LogP contribution in [-0.4, -0.2) is 53.9 Å². The van der Waals surface area contributed by atoms with Gasteiger partial charge in [0, 0.05) is 32.1 Å². The van der Waals surface area contributed by atoms with Crippen molar-refractivity contribution in [3.8, 4) is 0 Å². The van der Waals surface area contributed by atoms with Crippen molar-refractivity contribution in [2.45, 2.75) is 51.7 Å². The molecule has 1 aromatic rings. The highest BCUT2D eigenvalue weighted by molar-refractivity contribution is 14.0. The second-order valence-electron chi connectivity index (χ2n) is 7.25. The van der Waals surface area contributed by atoms with Crippen LogP contribution in [0.5, 0.6) is 0 Å². The minimum absolute atomic E-state index is 0. The standard InChI is InChI=1S/C20H31N5O.HI/c1-2-24-10-4-8-18(24)14-23-20(21)22-13-16-6-3-7-17(12-16)15-25-11-5-9-19(25)26;/h3,6-7,12,18H,2,4-5,8-11,13-15H2,1H3,(H3,21,22,23);1H. The zero-order valence-corrected chi connectivity index (χ0v) is 18.5. The Labute approximate surface area is 179 Å². The Kier molecular flexibility index (Phi) is 8.82. The largest absolute Gasteiger partial charge is 0.370 e. The molecule has 0 aliphatic carbocycles. The monoisotopic (exact) mass is 485 g/mol. The summed E-state index contributed by atoms with van der Waals surface area (Å²) in [7, 11) is 0. The van der Waals surface area contributed by atoms with Crippen LogP contribution in [0.25, 0.3) is 0 Å². The van der Waals surface area contributed by atoms with Crippen molar-refractivity contribution in [3.05, 3.63) is 35.4 Å². The predicted molar refractivity (Wildman–Crippen MR) is 120 cm³/mol. The highest BCUT2D eigenvalue weighted by Gasteiger charge is 2.22. The normalized spacial score (nSPS) is 20.8. The number of halogens is 1. The van der Waals surface area contributed by atoms with Gasteiger partial charge in [-0.25, -0.2) is 4.99 Å². The van der Waals surface area contributed by atoms with Gasteiger partial charge in [-0.05, 0) is 43.5 Å². The first-order valence-corrected chi connectivity index (χ1v) is 9.79. The van der Waals surface area contributed by atoms with E-state index < -0.39 is 0 Å². The van der Waals surface area contributed by atoms with Gasteiger partial charge in [0.2, 0.25) is 5.91 Å². The number of nitrogens with one attached hydrogen (secondary N) is 1. The Bertz CT molecular complexity index is 651. The van der Waals surface area contributed by atoms with Crippen molar-refractivity contribution in [1.29, 1.82) is 0 Å². The molecule has 3 rings (SSSR count). The molecule has 2 aliphatic rings. The third kappa shape index (κ3) is 6.34. The van der Waals surface area contributed by atoms with Crippen LogP contribution in [0.4, 0.5) is 0 Å². The number of guanidine groups is 1. The van der Waals surface area contributed by atoms with Gasteiger partial charge in [0.15, 0.2) is 5.96 Å². The second kappa shape index (κ2) is 10.8. The Hall–Kier alpha value is -1.35. The van der Waals surface area contributed by atoms with E-state index in [0.717, 1.165) is 37.2 Å². The molecule has 1 aromatic carbocycles. The maximum Gasteiger partial charge on any atom is 0.222 e. The summed E-state index contributed by atoms with van der Waals surface area (Å²) < 4.78 is 0. The molecule has 0 spiro atoms. The summed E-state index contributed by atoms with van der Waals surface area (Å²) in [5.74, 6) is 0.767. The first kappa shape index (κ1) is 21.9. The lowest BCUT2D eigenvalue weighted by atomic mass is 10.1. The maximum atomic E-state index is 11.8. The topological polar surface area (TPSA) is 74.0 Å². The van der Waals surface area contributed by atoms with E-state index in [1.165, 1.54) is 19.4 Å². The van der Waals surface area contributed by atoms with Crippen molar-refractivity contribution in [3.63, 3.8) is 0 Å². The first-order valence-electron chi connectivity index (χ1n) is 9.79. The van der Waals surface area contributed by atoms with Gasteiger partial charge < -0.3 is 16.0 Å². The number of nitrogens with two attached hydrogens (primary N) is 1. The Morgan fingerprint density at radius 1 is 1.30 bits per heavy atom. The highest BCUT2D eigenvalue weighted by Crippen LogP contribution is 2.16. The molecule has 1 amide bonds. The van der Waals surface area contributed by atoms with Gasteiger partial charge in [0.1, 0.15) is 0 Å². The summed E-state index contributed by atoms with van der Waals surface area (Å²) in [5.41, 5.74) is 8.32. The molecule has 0 saturated carbocycles. The van der Waals surface area contributed by atoms with Crippen molar-refractivity contribution in [2.24, 2.45) is 10.7 Å². The second-order valence-corrected chi connectivity index (χ2v) is 7.25. The molecule has 150 valence electrons. The van der Waals surface area contributed by atoms with Crippen LogP contribution in [0, 0.1) is 0 Å². The van der Waals surface area contributed by atoms with Gasteiger partial charge in [0.05, 0.1) is 6.54 Å². The minimum Gasteiger partial charge on any atom is -0.370 e. The van der Waals surface area contributed by atoms with Gasteiger partial charge in [0.25, 0.3) is 0 Å². The first-order chi connectivity index (χ1) is 12.7. The molecule has 0 bridgehead atoms. The maximum absolute atomic E-state index is 11.8. The molecule has 0 aromatic heterocycles. The number of rotatable bonds is 7. The fraction of sp³-hybridized carbons (Fsp3) is 0.600. The number of hydrogen-bond acceptors (Lipinski definition) is 3. The van der Waals surface area contributed by atoms with Gasteiger partial charge in [-0.3, -0.25) is 9.69 Å². The molecular weight excluding hydrogens is 453 g/mol. The number of carbonyl (C=O) groups excluding carboxylic acids is 1. The van der Waals surface area contributed by atoms with E-state index in [2.05, 4.69) is 40.3 Å². The number of likely N-dealkylation sites (tertiary alicyclic amines) is 2. The molecule has 1 atom stereocenters. The SMILES string of the molecule is CCN1CCCC1CNC(N)=NCc1cccc(CN2CCCC2=O)c1.I. The summed E-state index contributed by atoms with van der Waals surface area (Å²) in [5, 5.41) is 3.27. The fourth-order valence-corrected chi connectivity index (χ4v) is 3.92. The Morgan fingerprint density at radius 2 is 2.11 bits per heavy atom. The van der Waals surface area contributed by atoms with E-state index in [9.17, 15) is 4.79 Å². The summed E-state index contributed by atoms with van der Waals surface area (Å²) in [6.45, 7) is 7.47. The number of likely N-dealkylation sites (N-methyl/N-ethyl adjacent to an activating group) is 1. The van der Waals surface area contributed by atoms with Crippen LogP contribution in [0.3, 0.4) is 0 Å². The van der Waals surface area contributed by atoms with Crippen molar-refractivity contribution in [1.82, 2.24) is 15.1 Å². The van der Waals surface area contributed by atoms with Crippen LogP contribution in [0.2, 0.25) is 0 Å². The van der Waals surface area contributed by atoms with E-state index in [-0.39, 0.29) is 29.9 Å². The molecule has 1 unspecified atom stereocenters. The molecule has 2 fully saturated rings. The lowest BCUT2D eigenvalue weighted by Crippen LogP contribution is -2.42. The Balaban J connectivity index is 0.00000261. The van der Waals surface area contributed by atoms with Crippen LogP contribution < -0.4 is 11.1 Å². The molecule has 3 N–H and O–H groups in total. The molecule has 7 heteroatoms. The Morgan fingerprint density at radius 3 is 2.85 bits per heavy atom. The zero-order valence-electron chi connectivity index (χ0n) is 16.2. The van der Waals surface area contributed by atoms with Gasteiger partial charge >= 0.3 is 0 Å². The molecular formula is C20H32IN5O. The molecule has 0 radical (unpaired) electrons. The lowest BCUT2D eigenvalue weighted by Gasteiger charge is -2.23. The van der Waals surface area contributed by atoms with E-state index in [0.29, 0.717) is 31.5 Å². The molecule has 2 heterocycles. The molecule has 2 aliphatic heterocycles. The smallest absolute Gasteiger partial charge is 0.222 e. The average Bonchev–Trinajstić information content (AvgIpc) is 3.27.